The first-order chi connectivity index (χ1) is 12.2. The maximum absolute atomic E-state index is 5.27. The smallest absolute Gasteiger partial charge is 0.133 e. The van der Waals surface area contributed by atoms with Gasteiger partial charge in [0.05, 0.1) is 11.4 Å². The number of halogens is 1. The first-order valence-corrected chi connectivity index (χ1v) is 10.6. The van der Waals surface area contributed by atoms with Gasteiger partial charge in [0, 0.05) is 22.0 Å². The molecular weight excluding hydrogens is 374 g/mol. The molecule has 0 spiro atoms. The topological polar surface area (TPSA) is 29.9 Å². The average molecular weight is 398 g/mol. The van der Waals surface area contributed by atoms with Gasteiger partial charge in [-0.1, -0.05) is 22.0 Å². The van der Waals surface area contributed by atoms with Crippen molar-refractivity contribution in [3.05, 3.63) is 40.0 Å². The molecule has 7 rings (SSSR count). The van der Waals surface area contributed by atoms with Crippen LogP contribution in [0.3, 0.4) is 0 Å². The van der Waals surface area contributed by atoms with E-state index in [1.54, 1.807) is 0 Å². The zero-order chi connectivity index (χ0) is 16.6. The van der Waals surface area contributed by atoms with Crippen LogP contribution in [0.5, 0.6) is 0 Å². The lowest BCUT2D eigenvalue weighted by atomic mass is 9.48. The van der Waals surface area contributed by atoms with Crippen molar-refractivity contribution in [2.24, 2.45) is 17.8 Å². The van der Waals surface area contributed by atoms with Gasteiger partial charge in [0.15, 0.2) is 0 Å². The minimum Gasteiger partial charge on any atom is -0.369 e. The van der Waals surface area contributed by atoms with Crippen molar-refractivity contribution < 1.29 is 0 Å². The van der Waals surface area contributed by atoms with E-state index in [-0.39, 0.29) is 0 Å². The summed E-state index contributed by atoms with van der Waals surface area (Å²) in [7, 11) is 0. The summed E-state index contributed by atoms with van der Waals surface area (Å²) in [6.45, 7) is 1.06. The molecule has 1 aromatic carbocycles. The lowest BCUT2D eigenvalue weighted by Crippen LogP contribution is -2.49. The van der Waals surface area contributed by atoms with Gasteiger partial charge in [-0.05, 0) is 80.9 Å². The molecule has 3 nitrogen and oxygen atoms in total. The predicted octanol–water partition coefficient (Wildman–Crippen LogP) is 5.07. The van der Waals surface area contributed by atoms with Crippen LogP contribution >= 0.6 is 15.9 Å². The Hall–Kier alpha value is -1.29. The Morgan fingerprint density at radius 2 is 1.80 bits per heavy atom. The van der Waals surface area contributed by atoms with E-state index in [1.807, 2.05) is 0 Å². The van der Waals surface area contributed by atoms with Gasteiger partial charge in [-0.25, -0.2) is 4.68 Å². The Labute approximate surface area is 157 Å². The van der Waals surface area contributed by atoms with E-state index >= 15 is 0 Å². The lowest BCUT2D eigenvalue weighted by Gasteiger charge is -2.56. The molecule has 2 aromatic rings. The normalized spacial score (nSPS) is 35.0. The van der Waals surface area contributed by atoms with Crippen molar-refractivity contribution in [2.75, 3.05) is 11.9 Å². The fraction of sp³-hybridized carbons (Fsp3) is 0.571. The summed E-state index contributed by atoms with van der Waals surface area (Å²) in [5, 5.41) is 8.89. The number of anilines is 1. The molecule has 4 heteroatoms. The summed E-state index contributed by atoms with van der Waals surface area (Å²) in [6, 6.07) is 8.53. The maximum Gasteiger partial charge on any atom is 0.133 e. The number of benzene rings is 1. The molecule has 0 atom stereocenters. The van der Waals surface area contributed by atoms with Crippen molar-refractivity contribution >= 4 is 21.7 Å². The zero-order valence-electron chi connectivity index (χ0n) is 14.5. The maximum atomic E-state index is 5.27. The minimum atomic E-state index is 0.377. The van der Waals surface area contributed by atoms with Gasteiger partial charge in [-0.15, -0.1) is 0 Å². The Bertz CT molecular complexity index is 818. The van der Waals surface area contributed by atoms with Crippen LogP contribution in [0.4, 0.5) is 5.82 Å². The van der Waals surface area contributed by atoms with Crippen LogP contribution in [-0.4, -0.2) is 16.3 Å². The quantitative estimate of drug-likeness (QED) is 0.766. The van der Waals surface area contributed by atoms with Crippen LogP contribution < -0.4 is 5.32 Å². The van der Waals surface area contributed by atoms with Crippen molar-refractivity contribution in [1.82, 2.24) is 9.78 Å². The Morgan fingerprint density at radius 3 is 2.48 bits per heavy atom. The molecule has 4 bridgehead atoms. The third-order valence-electron chi connectivity index (χ3n) is 7.24. The van der Waals surface area contributed by atoms with E-state index < -0.39 is 0 Å². The zero-order valence-corrected chi connectivity index (χ0v) is 16.1. The van der Waals surface area contributed by atoms with Gasteiger partial charge in [0.25, 0.3) is 0 Å². The molecule has 1 aliphatic heterocycles. The highest BCUT2D eigenvalue weighted by molar-refractivity contribution is 9.10. The number of aromatic nitrogens is 2. The molecule has 5 aliphatic rings. The first kappa shape index (κ1) is 14.8. The van der Waals surface area contributed by atoms with Gasteiger partial charge in [-0.2, -0.15) is 5.10 Å². The number of rotatable bonds is 2. The standard InChI is InChI=1S/C21H24BrN3/c22-16-2-1-3-17(9-16)25-20-18(4-5-23-20)19(24-25)21-10-13-6-14(11-21)8-15(7-13)12-21/h1-3,9,13-15,23H,4-8,10-12H2. The van der Waals surface area contributed by atoms with Gasteiger partial charge < -0.3 is 5.32 Å². The molecule has 0 amide bonds. The highest BCUT2D eigenvalue weighted by atomic mass is 79.9. The van der Waals surface area contributed by atoms with Crippen LogP contribution in [-0.2, 0) is 11.8 Å². The third-order valence-corrected chi connectivity index (χ3v) is 7.74. The van der Waals surface area contributed by atoms with E-state index in [4.69, 9.17) is 5.10 Å². The predicted molar refractivity (Wildman–Crippen MR) is 103 cm³/mol. The second-order valence-corrected chi connectivity index (χ2v) is 9.86. The largest absolute Gasteiger partial charge is 0.369 e. The second-order valence-electron chi connectivity index (χ2n) is 8.94. The van der Waals surface area contributed by atoms with E-state index in [1.165, 1.54) is 55.6 Å². The van der Waals surface area contributed by atoms with E-state index in [2.05, 4.69) is 50.2 Å². The van der Waals surface area contributed by atoms with Gasteiger partial charge >= 0.3 is 0 Å². The van der Waals surface area contributed by atoms with Crippen LogP contribution in [0.15, 0.2) is 28.7 Å². The molecule has 4 fully saturated rings. The van der Waals surface area contributed by atoms with Crippen molar-refractivity contribution in [3.8, 4) is 5.69 Å². The monoisotopic (exact) mass is 397 g/mol. The molecule has 130 valence electrons. The second kappa shape index (κ2) is 5.12. The fourth-order valence-electron chi connectivity index (χ4n) is 6.80. The first-order valence-electron chi connectivity index (χ1n) is 9.82. The summed E-state index contributed by atoms with van der Waals surface area (Å²) in [6.07, 6.45) is 9.79. The van der Waals surface area contributed by atoms with Crippen LogP contribution in [0.25, 0.3) is 5.69 Å². The third kappa shape index (κ3) is 2.12. The summed E-state index contributed by atoms with van der Waals surface area (Å²) < 4.78 is 3.30. The van der Waals surface area contributed by atoms with Gasteiger partial charge in [-0.3, -0.25) is 0 Å². The number of fused-ring (bicyclic) bond motifs is 1. The molecule has 4 saturated carbocycles. The van der Waals surface area contributed by atoms with Crippen molar-refractivity contribution in [3.63, 3.8) is 0 Å². The van der Waals surface area contributed by atoms with Crippen LogP contribution in [0.2, 0.25) is 0 Å². The number of nitrogens with zero attached hydrogens (tertiary/aromatic N) is 2. The Morgan fingerprint density at radius 1 is 1.08 bits per heavy atom. The van der Waals surface area contributed by atoms with E-state index in [0.717, 1.165) is 40.9 Å². The summed E-state index contributed by atoms with van der Waals surface area (Å²) in [5.74, 6) is 4.15. The van der Waals surface area contributed by atoms with Gasteiger partial charge in [0.2, 0.25) is 0 Å². The molecule has 25 heavy (non-hydrogen) atoms. The molecule has 4 aliphatic carbocycles. The number of nitrogens with one attached hydrogen (secondary N) is 1. The van der Waals surface area contributed by atoms with Crippen LogP contribution in [0.1, 0.15) is 49.8 Å². The molecule has 0 saturated heterocycles. The summed E-state index contributed by atoms with van der Waals surface area (Å²) in [4.78, 5) is 0. The Balaban J connectivity index is 1.50. The van der Waals surface area contributed by atoms with E-state index in [0.29, 0.717) is 5.41 Å². The van der Waals surface area contributed by atoms with E-state index in [9.17, 15) is 0 Å². The minimum absolute atomic E-state index is 0.377. The molecule has 1 aromatic heterocycles. The molecular formula is C21H24BrN3. The van der Waals surface area contributed by atoms with Crippen molar-refractivity contribution in [2.45, 2.75) is 50.4 Å². The molecule has 0 radical (unpaired) electrons. The highest BCUT2D eigenvalue weighted by Crippen LogP contribution is 2.61. The number of hydrogen-bond acceptors (Lipinski definition) is 2. The lowest BCUT2D eigenvalue weighted by molar-refractivity contribution is -0.00770. The fourth-order valence-corrected chi connectivity index (χ4v) is 7.18. The SMILES string of the molecule is Brc1cccc(-n2nc(C34CC5CC(CC(C5)C3)C4)c3c2NCC3)c1. The van der Waals surface area contributed by atoms with Gasteiger partial charge in [0.1, 0.15) is 5.82 Å². The summed E-state index contributed by atoms with van der Waals surface area (Å²) in [5.41, 5.74) is 4.51. The molecule has 1 N–H and O–H groups in total. The summed E-state index contributed by atoms with van der Waals surface area (Å²) >= 11 is 3.62. The van der Waals surface area contributed by atoms with Crippen LogP contribution in [0, 0.1) is 17.8 Å². The molecule has 0 unspecified atom stereocenters. The molecule has 2 heterocycles. The Kier molecular flexibility index (Phi) is 3.04. The van der Waals surface area contributed by atoms with Crippen molar-refractivity contribution in [1.29, 1.82) is 0 Å². The highest BCUT2D eigenvalue weighted by Gasteiger charge is 2.54. The number of hydrogen-bond donors (Lipinski definition) is 1. The average Bonchev–Trinajstić information content (AvgIpc) is 3.15.